The number of aliphatic hydroxyl groups excluding tert-OH is 2. The van der Waals surface area contributed by atoms with Gasteiger partial charge in [-0.1, -0.05) is 30.4 Å². The highest BCUT2D eigenvalue weighted by Gasteiger charge is 2.15. The van der Waals surface area contributed by atoms with E-state index in [9.17, 15) is 5.11 Å². The summed E-state index contributed by atoms with van der Waals surface area (Å²) >= 11 is 0. The first kappa shape index (κ1) is 9.19. The second kappa shape index (κ2) is 4.21. The van der Waals surface area contributed by atoms with Gasteiger partial charge in [0, 0.05) is 0 Å². The Morgan fingerprint density at radius 3 is 2.58 bits per heavy atom. The van der Waals surface area contributed by atoms with Crippen molar-refractivity contribution in [3.05, 3.63) is 36.0 Å². The lowest BCUT2D eigenvalue weighted by Gasteiger charge is -2.13. The first-order valence-corrected chi connectivity index (χ1v) is 3.79. The van der Waals surface area contributed by atoms with Crippen LogP contribution >= 0.6 is 0 Å². The van der Waals surface area contributed by atoms with Gasteiger partial charge in [-0.2, -0.15) is 0 Å². The molecule has 0 saturated carbocycles. The van der Waals surface area contributed by atoms with Gasteiger partial charge in [-0.15, -0.1) is 0 Å². The maximum absolute atomic E-state index is 9.23. The first-order chi connectivity index (χ1) is 5.72. The summed E-state index contributed by atoms with van der Waals surface area (Å²) in [6, 6.07) is 0. The Morgan fingerprint density at radius 1 is 1.17 bits per heavy atom. The second-order valence-corrected chi connectivity index (χ2v) is 2.59. The van der Waals surface area contributed by atoms with Crippen LogP contribution in [0.25, 0.3) is 0 Å². The average Bonchev–Trinajstić information content (AvgIpc) is 2.30. The van der Waals surface area contributed by atoms with Gasteiger partial charge in [-0.25, -0.2) is 0 Å². The summed E-state index contributed by atoms with van der Waals surface area (Å²) in [4.78, 5) is 0. The summed E-state index contributed by atoms with van der Waals surface area (Å²) in [5.74, 6) is 0. The molecule has 0 fully saturated rings. The maximum Gasteiger partial charge on any atom is 0.182 e. The molecule has 0 aliphatic heterocycles. The Kier molecular flexibility index (Phi) is 3.22. The van der Waals surface area contributed by atoms with Crippen LogP contribution in [0, 0.1) is 0 Å². The van der Waals surface area contributed by atoms with E-state index < -0.39 is 12.4 Å². The maximum atomic E-state index is 9.23. The molecular formula is C9H12O3. The van der Waals surface area contributed by atoms with E-state index in [0.29, 0.717) is 12.0 Å². The van der Waals surface area contributed by atoms with E-state index in [1.165, 1.54) is 0 Å². The van der Waals surface area contributed by atoms with Crippen molar-refractivity contribution in [2.24, 2.45) is 0 Å². The summed E-state index contributed by atoms with van der Waals surface area (Å²) in [5, 5.41) is 26.6. The van der Waals surface area contributed by atoms with Crippen molar-refractivity contribution in [1.82, 2.24) is 0 Å². The van der Waals surface area contributed by atoms with E-state index in [1.54, 1.807) is 18.2 Å². The summed E-state index contributed by atoms with van der Waals surface area (Å²) in [6.45, 7) is 0. The zero-order valence-corrected chi connectivity index (χ0v) is 6.59. The van der Waals surface area contributed by atoms with Crippen molar-refractivity contribution in [1.29, 1.82) is 0 Å². The first-order valence-electron chi connectivity index (χ1n) is 3.79. The molecule has 1 atom stereocenters. The molecule has 66 valence electrons. The third-order valence-electron chi connectivity index (χ3n) is 1.65. The minimum Gasteiger partial charge on any atom is -0.383 e. The summed E-state index contributed by atoms with van der Waals surface area (Å²) in [5.41, 5.74) is 0.537. The number of hydrogen-bond donors (Lipinski definition) is 3. The van der Waals surface area contributed by atoms with Gasteiger partial charge < -0.3 is 15.3 Å². The number of aliphatic hydroxyl groups is 3. The molecule has 1 aliphatic carbocycles. The van der Waals surface area contributed by atoms with Gasteiger partial charge in [0.15, 0.2) is 6.29 Å². The van der Waals surface area contributed by atoms with Crippen molar-refractivity contribution in [3.8, 4) is 0 Å². The molecule has 1 aliphatic rings. The zero-order valence-electron chi connectivity index (χ0n) is 6.59. The SMILES string of the molecule is OC(O)C(O)C1=CCC=CC=C1. The predicted molar refractivity (Wildman–Crippen MR) is 45.2 cm³/mol. The Bertz CT molecular complexity index is 226. The molecule has 0 aromatic carbocycles. The number of rotatable bonds is 2. The summed E-state index contributed by atoms with van der Waals surface area (Å²) in [6.07, 6.45) is 6.72. The van der Waals surface area contributed by atoms with E-state index in [1.807, 2.05) is 12.2 Å². The van der Waals surface area contributed by atoms with E-state index in [4.69, 9.17) is 10.2 Å². The Hall–Kier alpha value is -0.900. The highest BCUT2D eigenvalue weighted by atomic mass is 16.5. The second-order valence-electron chi connectivity index (χ2n) is 2.59. The standard InChI is InChI=1S/C9H12O3/c10-8(9(11)12)7-5-3-1-2-4-6-7/h1-3,5-6,8-12H,4H2. The fourth-order valence-electron chi connectivity index (χ4n) is 0.987. The lowest BCUT2D eigenvalue weighted by Crippen LogP contribution is -2.26. The van der Waals surface area contributed by atoms with Crippen LogP contribution in [0.4, 0.5) is 0 Å². The molecule has 0 aromatic rings. The van der Waals surface area contributed by atoms with Crippen LogP contribution in [0.3, 0.4) is 0 Å². The molecule has 0 saturated heterocycles. The quantitative estimate of drug-likeness (QED) is 0.512. The molecule has 3 nitrogen and oxygen atoms in total. The molecule has 0 heterocycles. The van der Waals surface area contributed by atoms with Gasteiger partial charge in [0.25, 0.3) is 0 Å². The van der Waals surface area contributed by atoms with Crippen LogP contribution in [-0.2, 0) is 0 Å². The lowest BCUT2D eigenvalue weighted by molar-refractivity contribution is -0.106. The lowest BCUT2D eigenvalue weighted by atomic mass is 10.1. The third kappa shape index (κ3) is 2.30. The number of hydrogen-bond acceptors (Lipinski definition) is 3. The zero-order chi connectivity index (χ0) is 8.97. The normalized spacial score (nSPS) is 19.2. The van der Waals surface area contributed by atoms with E-state index in [2.05, 4.69) is 0 Å². The van der Waals surface area contributed by atoms with Gasteiger partial charge in [0.2, 0.25) is 0 Å². The van der Waals surface area contributed by atoms with E-state index in [-0.39, 0.29) is 0 Å². The van der Waals surface area contributed by atoms with Crippen LogP contribution in [0.5, 0.6) is 0 Å². The molecule has 3 N–H and O–H groups in total. The molecule has 0 aromatic heterocycles. The molecule has 1 rings (SSSR count). The van der Waals surface area contributed by atoms with Crippen molar-refractivity contribution in [2.45, 2.75) is 18.8 Å². The summed E-state index contributed by atoms with van der Waals surface area (Å²) < 4.78 is 0. The molecule has 0 amide bonds. The third-order valence-corrected chi connectivity index (χ3v) is 1.65. The van der Waals surface area contributed by atoms with Crippen molar-refractivity contribution >= 4 is 0 Å². The topological polar surface area (TPSA) is 60.7 Å². The van der Waals surface area contributed by atoms with Crippen LogP contribution in [0.2, 0.25) is 0 Å². The molecule has 1 unspecified atom stereocenters. The van der Waals surface area contributed by atoms with Gasteiger partial charge in [0.05, 0.1) is 0 Å². The van der Waals surface area contributed by atoms with Gasteiger partial charge in [0.1, 0.15) is 6.10 Å². The Balaban J connectivity index is 2.68. The molecular weight excluding hydrogens is 156 g/mol. The van der Waals surface area contributed by atoms with Crippen LogP contribution in [0.1, 0.15) is 6.42 Å². The van der Waals surface area contributed by atoms with Gasteiger partial charge in [-0.05, 0) is 12.0 Å². The Labute approximate surface area is 71.0 Å². The van der Waals surface area contributed by atoms with Crippen molar-refractivity contribution in [2.75, 3.05) is 0 Å². The monoisotopic (exact) mass is 168 g/mol. The molecule has 3 heteroatoms. The van der Waals surface area contributed by atoms with Crippen molar-refractivity contribution in [3.63, 3.8) is 0 Å². The molecule has 0 bridgehead atoms. The minimum absolute atomic E-state index is 0.537. The highest BCUT2D eigenvalue weighted by Crippen LogP contribution is 2.11. The minimum atomic E-state index is -1.71. The molecule has 0 spiro atoms. The average molecular weight is 168 g/mol. The van der Waals surface area contributed by atoms with Crippen LogP contribution in [-0.4, -0.2) is 27.7 Å². The Morgan fingerprint density at radius 2 is 1.92 bits per heavy atom. The molecule has 0 radical (unpaired) electrons. The molecule has 12 heavy (non-hydrogen) atoms. The van der Waals surface area contributed by atoms with Crippen molar-refractivity contribution < 1.29 is 15.3 Å². The van der Waals surface area contributed by atoms with E-state index in [0.717, 1.165) is 0 Å². The predicted octanol–water partition coefficient (Wildman–Crippen LogP) is 0.100. The number of allylic oxidation sites excluding steroid dienone is 4. The van der Waals surface area contributed by atoms with Crippen LogP contribution < -0.4 is 0 Å². The fraction of sp³-hybridized carbons (Fsp3) is 0.333. The van der Waals surface area contributed by atoms with Gasteiger partial charge >= 0.3 is 0 Å². The van der Waals surface area contributed by atoms with Gasteiger partial charge in [-0.3, -0.25) is 0 Å². The highest BCUT2D eigenvalue weighted by molar-refractivity contribution is 5.29. The fourth-order valence-corrected chi connectivity index (χ4v) is 0.987. The smallest absolute Gasteiger partial charge is 0.182 e. The summed E-state index contributed by atoms with van der Waals surface area (Å²) in [7, 11) is 0. The largest absolute Gasteiger partial charge is 0.383 e. The van der Waals surface area contributed by atoms with Crippen LogP contribution in [0.15, 0.2) is 36.0 Å². The van der Waals surface area contributed by atoms with E-state index >= 15 is 0 Å².